The zero-order valence-corrected chi connectivity index (χ0v) is 19.5. The first-order valence-corrected chi connectivity index (χ1v) is 9.10. The van der Waals surface area contributed by atoms with E-state index in [1.54, 1.807) is 21.2 Å². The molecule has 1 aromatic carbocycles. The molecule has 1 amide bonds. The first-order chi connectivity index (χ1) is 12.3. The number of guanidine groups is 1. The van der Waals surface area contributed by atoms with E-state index >= 15 is 0 Å². The van der Waals surface area contributed by atoms with Gasteiger partial charge in [0.1, 0.15) is 0 Å². The molecule has 152 valence electrons. The van der Waals surface area contributed by atoms with Gasteiger partial charge in [-0.15, -0.1) is 24.0 Å². The molecule has 6 nitrogen and oxygen atoms in total. The van der Waals surface area contributed by atoms with Gasteiger partial charge in [0.2, 0.25) is 0 Å². The van der Waals surface area contributed by atoms with E-state index in [0.717, 1.165) is 30.9 Å². The van der Waals surface area contributed by atoms with E-state index in [-0.39, 0.29) is 40.9 Å². The van der Waals surface area contributed by atoms with Crippen molar-refractivity contribution in [2.45, 2.75) is 45.3 Å². The van der Waals surface area contributed by atoms with Gasteiger partial charge in [-0.1, -0.05) is 26.0 Å². The molecule has 2 atom stereocenters. The smallest absolute Gasteiger partial charge is 0.251 e. The van der Waals surface area contributed by atoms with Crippen molar-refractivity contribution in [1.82, 2.24) is 16.0 Å². The van der Waals surface area contributed by atoms with Crippen LogP contribution in [0.1, 0.15) is 43.1 Å². The van der Waals surface area contributed by atoms with E-state index in [1.165, 1.54) is 0 Å². The van der Waals surface area contributed by atoms with Gasteiger partial charge in [0.05, 0.1) is 5.60 Å². The number of ether oxygens (including phenoxy) is 1. The van der Waals surface area contributed by atoms with E-state index in [9.17, 15) is 4.79 Å². The molecule has 0 spiro atoms. The van der Waals surface area contributed by atoms with Crippen molar-refractivity contribution in [3.05, 3.63) is 35.4 Å². The summed E-state index contributed by atoms with van der Waals surface area (Å²) in [6, 6.07) is 8.01. The minimum absolute atomic E-state index is 0. The van der Waals surface area contributed by atoms with Crippen LogP contribution in [0.2, 0.25) is 0 Å². The molecule has 0 heterocycles. The zero-order chi connectivity index (χ0) is 19.4. The molecule has 7 heteroatoms. The Morgan fingerprint density at radius 3 is 2.59 bits per heavy atom. The molecule has 1 aliphatic rings. The molecular formula is C20H33IN4O2. The van der Waals surface area contributed by atoms with Gasteiger partial charge in [-0.05, 0) is 37.5 Å². The molecule has 0 aromatic heterocycles. The van der Waals surface area contributed by atoms with Gasteiger partial charge in [-0.2, -0.15) is 0 Å². The van der Waals surface area contributed by atoms with Gasteiger partial charge in [0.25, 0.3) is 5.91 Å². The Labute approximate surface area is 179 Å². The number of methoxy groups -OCH3 is 1. The molecule has 3 N–H and O–H groups in total. The molecular weight excluding hydrogens is 455 g/mol. The average Bonchev–Trinajstić information content (AvgIpc) is 2.65. The second-order valence-electron chi connectivity index (χ2n) is 7.59. The SMILES string of the molecule is CN=C(NCCc1cccc(C(=O)NC)c1)NC1CC(C)(OC)C1(C)C.I. The van der Waals surface area contributed by atoms with Crippen LogP contribution in [0.4, 0.5) is 0 Å². The molecule has 0 bridgehead atoms. The predicted molar refractivity (Wildman–Crippen MR) is 121 cm³/mol. The summed E-state index contributed by atoms with van der Waals surface area (Å²) in [5, 5.41) is 9.51. The van der Waals surface area contributed by atoms with E-state index < -0.39 is 0 Å². The number of amides is 1. The molecule has 1 aliphatic carbocycles. The van der Waals surface area contributed by atoms with Gasteiger partial charge in [0, 0.05) is 44.8 Å². The van der Waals surface area contributed by atoms with Gasteiger partial charge in [-0.3, -0.25) is 9.79 Å². The minimum atomic E-state index is -0.107. The highest BCUT2D eigenvalue weighted by Crippen LogP contribution is 2.51. The van der Waals surface area contributed by atoms with Gasteiger partial charge < -0.3 is 20.7 Å². The second kappa shape index (κ2) is 9.73. The van der Waals surface area contributed by atoms with Crippen LogP contribution in [0, 0.1) is 5.41 Å². The Balaban J connectivity index is 0.00000364. The Kier molecular flexibility index (Phi) is 8.53. The molecule has 0 radical (unpaired) electrons. The van der Waals surface area contributed by atoms with Crippen LogP contribution < -0.4 is 16.0 Å². The van der Waals surface area contributed by atoms with Crippen molar-refractivity contribution in [2.75, 3.05) is 27.7 Å². The van der Waals surface area contributed by atoms with Crippen molar-refractivity contribution >= 4 is 35.8 Å². The third-order valence-electron chi connectivity index (χ3n) is 5.94. The first-order valence-electron chi connectivity index (χ1n) is 9.10. The van der Waals surface area contributed by atoms with Crippen LogP contribution in [0.3, 0.4) is 0 Å². The molecule has 1 aromatic rings. The number of hydrogen-bond donors (Lipinski definition) is 3. The maximum absolute atomic E-state index is 11.7. The third kappa shape index (κ3) is 5.13. The quantitative estimate of drug-likeness (QED) is 0.327. The number of rotatable bonds is 6. The lowest BCUT2D eigenvalue weighted by Crippen LogP contribution is -2.69. The molecule has 0 aliphatic heterocycles. The number of carbonyl (C=O) groups excluding carboxylic acids is 1. The van der Waals surface area contributed by atoms with Crippen LogP contribution in [-0.2, 0) is 11.2 Å². The highest BCUT2D eigenvalue weighted by atomic mass is 127. The van der Waals surface area contributed by atoms with E-state index in [1.807, 2.05) is 24.3 Å². The third-order valence-corrected chi connectivity index (χ3v) is 5.94. The van der Waals surface area contributed by atoms with Gasteiger partial charge >= 0.3 is 0 Å². The number of aliphatic imine (C=N–C) groups is 1. The normalized spacial score (nSPS) is 23.6. The number of hydrogen-bond acceptors (Lipinski definition) is 3. The Morgan fingerprint density at radius 1 is 1.33 bits per heavy atom. The minimum Gasteiger partial charge on any atom is -0.378 e. The van der Waals surface area contributed by atoms with Crippen LogP contribution in [-0.4, -0.2) is 51.3 Å². The summed E-state index contributed by atoms with van der Waals surface area (Å²) < 4.78 is 5.68. The topological polar surface area (TPSA) is 74.8 Å². The predicted octanol–water partition coefficient (Wildman–Crippen LogP) is 2.58. The van der Waals surface area contributed by atoms with Crippen LogP contribution >= 0.6 is 24.0 Å². The molecule has 2 unspecified atom stereocenters. The largest absolute Gasteiger partial charge is 0.378 e. The van der Waals surface area contributed by atoms with Crippen molar-refractivity contribution in [2.24, 2.45) is 10.4 Å². The maximum Gasteiger partial charge on any atom is 0.251 e. The summed E-state index contributed by atoms with van der Waals surface area (Å²) in [7, 11) is 5.20. The summed E-state index contributed by atoms with van der Waals surface area (Å²) in [6.45, 7) is 7.33. The Bertz CT molecular complexity index is 678. The first kappa shape index (κ1) is 23.7. The highest BCUT2D eigenvalue weighted by Gasteiger charge is 2.58. The molecule has 2 rings (SSSR count). The summed E-state index contributed by atoms with van der Waals surface area (Å²) in [6.07, 6.45) is 1.76. The molecule has 0 saturated heterocycles. The molecule has 1 saturated carbocycles. The van der Waals surface area contributed by atoms with Crippen LogP contribution in [0.15, 0.2) is 29.3 Å². The van der Waals surface area contributed by atoms with Crippen molar-refractivity contribution in [1.29, 1.82) is 0 Å². The standard InChI is InChI=1S/C20H32N4O2.HI/c1-19(2)16(13-20(19,3)26-6)24-18(22-5)23-11-10-14-8-7-9-15(12-14)17(25)21-4;/h7-9,12,16H,10-11,13H2,1-6H3,(H,21,25)(H2,22,23,24);1H. The van der Waals surface area contributed by atoms with Crippen LogP contribution in [0.5, 0.6) is 0 Å². The van der Waals surface area contributed by atoms with Crippen molar-refractivity contribution in [3.63, 3.8) is 0 Å². The number of carbonyl (C=O) groups is 1. The number of halogens is 1. The van der Waals surface area contributed by atoms with E-state index in [4.69, 9.17) is 4.74 Å². The van der Waals surface area contributed by atoms with E-state index in [2.05, 4.69) is 41.7 Å². The summed E-state index contributed by atoms with van der Waals surface area (Å²) in [4.78, 5) is 16.1. The lowest BCUT2D eigenvalue weighted by molar-refractivity contribution is -0.176. The monoisotopic (exact) mass is 488 g/mol. The van der Waals surface area contributed by atoms with Crippen molar-refractivity contribution in [3.8, 4) is 0 Å². The van der Waals surface area contributed by atoms with Crippen LogP contribution in [0.25, 0.3) is 0 Å². The highest BCUT2D eigenvalue weighted by molar-refractivity contribution is 14.0. The summed E-state index contributed by atoms with van der Waals surface area (Å²) in [5.41, 5.74) is 1.72. The van der Waals surface area contributed by atoms with Gasteiger partial charge in [0.15, 0.2) is 5.96 Å². The Morgan fingerprint density at radius 2 is 2.04 bits per heavy atom. The maximum atomic E-state index is 11.7. The van der Waals surface area contributed by atoms with E-state index in [0.29, 0.717) is 11.6 Å². The lowest BCUT2D eigenvalue weighted by Gasteiger charge is -2.59. The summed E-state index contributed by atoms with van der Waals surface area (Å²) in [5.74, 6) is 0.731. The number of benzene rings is 1. The summed E-state index contributed by atoms with van der Waals surface area (Å²) >= 11 is 0. The average molecular weight is 488 g/mol. The lowest BCUT2D eigenvalue weighted by atomic mass is 9.56. The van der Waals surface area contributed by atoms with Crippen molar-refractivity contribution < 1.29 is 9.53 Å². The zero-order valence-electron chi connectivity index (χ0n) is 17.2. The molecule has 1 fully saturated rings. The fourth-order valence-corrected chi connectivity index (χ4v) is 3.42. The fraction of sp³-hybridized carbons (Fsp3) is 0.600. The second-order valence-corrected chi connectivity index (χ2v) is 7.59. The number of nitrogens with zero attached hydrogens (tertiary/aromatic N) is 1. The molecule has 27 heavy (non-hydrogen) atoms. The number of nitrogens with one attached hydrogen (secondary N) is 3. The fourth-order valence-electron chi connectivity index (χ4n) is 3.42. The Hall–Kier alpha value is -1.35. The van der Waals surface area contributed by atoms with Gasteiger partial charge in [-0.25, -0.2) is 0 Å².